The molecule has 0 spiro atoms. The fraction of sp³-hybridized carbons (Fsp3) is 0.100. The SMILES string of the molecule is Cc1cc(NS(=O)(=O)c2cccc(S(=O)(=O)Nc3cc(Cl)c(O)c(Cl)c3)c2)cc(C)c1O. The first-order valence-corrected chi connectivity index (χ1v) is 12.7. The molecular formula is C20H18Cl2N2O6S2. The van der Waals surface area contributed by atoms with Gasteiger partial charge in [0.25, 0.3) is 20.0 Å². The van der Waals surface area contributed by atoms with Crippen LogP contribution in [0.3, 0.4) is 0 Å². The molecule has 0 aliphatic carbocycles. The number of hydrogen-bond donors (Lipinski definition) is 4. The standard InChI is InChI=1S/C20H18Cl2N2O6S2/c1-11-6-13(7-12(2)19(11)25)23-31(27,28)15-4-3-5-16(10-15)32(29,30)24-14-8-17(21)20(26)18(22)9-14/h3-10,23-26H,1-2H3. The second kappa shape index (κ2) is 8.70. The zero-order valence-electron chi connectivity index (χ0n) is 16.7. The molecule has 12 heteroatoms. The third-order valence-corrected chi connectivity index (χ3v) is 7.77. The molecule has 0 aliphatic heterocycles. The highest BCUT2D eigenvalue weighted by Crippen LogP contribution is 2.35. The molecule has 0 atom stereocenters. The van der Waals surface area contributed by atoms with Crippen LogP contribution in [0.2, 0.25) is 10.0 Å². The molecule has 0 aromatic heterocycles. The minimum Gasteiger partial charge on any atom is -0.507 e. The number of aromatic hydroxyl groups is 2. The fourth-order valence-corrected chi connectivity index (χ4v) is 5.61. The second-order valence-corrected chi connectivity index (χ2v) is 11.1. The molecule has 0 unspecified atom stereocenters. The maximum Gasteiger partial charge on any atom is 0.261 e. The van der Waals surface area contributed by atoms with Crippen molar-refractivity contribution in [2.24, 2.45) is 0 Å². The van der Waals surface area contributed by atoms with Gasteiger partial charge >= 0.3 is 0 Å². The Labute approximate surface area is 195 Å². The summed E-state index contributed by atoms with van der Waals surface area (Å²) in [5.41, 5.74) is 1.17. The lowest BCUT2D eigenvalue weighted by molar-refractivity contribution is 0.467. The van der Waals surface area contributed by atoms with Gasteiger partial charge in [-0.2, -0.15) is 0 Å². The van der Waals surface area contributed by atoms with Crippen LogP contribution in [-0.2, 0) is 20.0 Å². The van der Waals surface area contributed by atoms with Crippen molar-refractivity contribution in [3.8, 4) is 11.5 Å². The quantitative estimate of drug-likeness (QED) is 0.353. The smallest absolute Gasteiger partial charge is 0.261 e. The van der Waals surface area contributed by atoms with E-state index in [9.17, 15) is 27.0 Å². The Balaban J connectivity index is 1.93. The van der Waals surface area contributed by atoms with Crippen LogP contribution in [0.15, 0.2) is 58.3 Å². The number of phenols is 2. The first kappa shape index (κ1) is 24.0. The van der Waals surface area contributed by atoms with Gasteiger partial charge in [-0.15, -0.1) is 0 Å². The van der Waals surface area contributed by atoms with E-state index in [4.69, 9.17) is 23.2 Å². The normalized spacial score (nSPS) is 11.9. The molecule has 0 saturated heterocycles. The zero-order chi connectivity index (χ0) is 23.8. The van der Waals surface area contributed by atoms with Gasteiger partial charge in [0.05, 0.1) is 25.5 Å². The number of halogens is 2. The van der Waals surface area contributed by atoms with Crippen LogP contribution < -0.4 is 9.44 Å². The van der Waals surface area contributed by atoms with Crippen molar-refractivity contribution in [2.75, 3.05) is 9.44 Å². The maximum absolute atomic E-state index is 12.8. The molecule has 0 bridgehead atoms. The lowest BCUT2D eigenvalue weighted by Crippen LogP contribution is -2.16. The molecule has 4 N–H and O–H groups in total. The van der Waals surface area contributed by atoms with Gasteiger partial charge in [0.2, 0.25) is 0 Å². The molecule has 3 aromatic carbocycles. The Morgan fingerprint density at radius 1 is 0.688 bits per heavy atom. The molecular weight excluding hydrogens is 499 g/mol. The zero-order valence-corrected chi connectivity index (χ0v) is 19.9. The van der Waals surface area contributed by atoms with Crippen LogP contribution in [-0.4, -0.2) is 27.0 Å². The van der Waals surface area contributed by atoms with Crippen molar-refractivity contribution < 1.29 is 27.0 Å². The summed E-state index contributed by atoms with van der Waals surface area (Å²) in [6, 6.07) is 9.99. The molecule has 0 radical (unpaired) electrons. The number of anilines is 2. The van der Waals surface area contributed by atoms with E-state index >= 15 is 0 Å². The Kier molecular flexibility index (Phi) is 6.52. The van der Waals surface area contributed by atoms with E-state index < -0.39 is 25.8 Å². The predicted molar refractivity (Wildman–Crippen MR) is 124 cm³/mol. The molecule has 0 fully saturated rings. The average molecular weight is 517 g/mol. The number of phenolic OH excluding ortho intramolecular Hbond substituents is 2. The first-order valence-electron chi connectivity index (χ1n) is 8.94. The Morgan fingerprint density at radius 3 is 1.53 bits per heavy atom. The van der Waals surface area contributed by atoms with E-state index in [2.05, 4.69) is 9.44 Å². The summed E-state index contributed by atoms with van der Waals surface area (Å²) in [4.78, 5) is -0.607. The van der Waals surface area contributed by atoms with Crippen LogP contribution in [0.1, 0.15) is 11.1 Å². The van der Waals surface area contributed by atoms with Gasteiger partial charge in [0.1, 0.15) is 5.75 Å². The maximum atomic E-state index is 12.8. The first-order chi connectivity index (χ1) is 14.8. The predicted octanol–water partition coefficient (Wildman–Crippen LogP) is 4.62. The number of rotatable bonds is 6. The van der Waals surface area contributed by atoms with Gasteiger partial charge in [-0.1, -0.05) is 29.3 Å². The monoisotopic (exact) mass is 516 g/mol. The summed E-state index contributed by atoms with van der Waals surface area (Å²) in [5, 5.41) is 19.2. The summed E-state index contributed by atoms with van der Waals surface area (Å²) in [5.74, 6) is -0.336. The molecule has 32 heavy (non-hydrogen) atoms. The third kappa shape index (κ3) is 5.04. The number of aryl methyl sites for hydroxylation is 2. The average Bonchev–Trinajstić information content (AvgIpc) is 2.69. The molecule has 3 rings (SSSR count). The number of nitrogens with one attached hydrogen (secondary N) is 2. The van der Waals surface area contributed by atoms with E-state index in [1.165, 1.54) is 30.3 Å². The molecule has 170 valence electrons. The lowest BCUT2D eigenvalue weighted by Gasteiger charge is -2.13. The topological polar surface area (TPSA) is 133 Å². The van der Waals surface area contributed by atoms with Crippen molar-refractivity contribution in [3.63, 3.8) is 0 Å². The highest BCUT2D eigenvalue weighted by atomic mass is 35.5. The van der Waals surface area contributed by atoms with Crippen molar-refractivity contribution >= 4 is 54.6 Å². The van der Waals surface area contributed by atoms with Gasteiger partial charge in [0, 0.05) is 5.69 Å². The third-order valence-electron chi connectivity index (χ3n) is 4.44. The number of hydrogen-bond acceptors (Lipinski definition) is 6. The molecule has 0 amide bonds. The van der Waals surface area contributed by atoms with Gasteiger partial charge in [-0.05, 0) is 67.4 Å². The molecule has 0 saturated carbocycles. The molecule has 0 heterocycles. The van der Waals surface area contributed by atoms with Crippen LogP contribution in [0.25, 0.3) is 0 Å². The highest BCUT2D eigenvalue weighted by Gasteiger charge is 2.21. The van der Waals surface area contributed by atoms with Crippen LogP contribution in [0.4, 0.5) is 11.4 Å². The largest absolute Gasteiger partial charge is 0.507 e. The van der Waals surface area contributed by atoms with Gasteiger partial charge in [0.15, 0.2) is 5.75 Å². The van der Waals surface area contributed by atoms with E-state index in [1.54, 1.807) is 13.8 Å². The Morgan fingerprint density at radius 2 is 1.09 bits per heavy atom. The van der Waals surface area contributed by atoms with Gasteiger partial charge in [-0.25, -0.2) is 16.8 Å². The van der Waals surface area contributed by atoms with Crippen LogP contribution in [0.5, 0.6) is 11.5 Å². The molecule has 8 nitrogen and oxygen atoms in total. The minimum atomic E-state index is -4.21. The van der Waals surface area contributed by atoms with Crippen LogP contribution in [0, 0.1) is 13.8 Å². The Hall–Kier alpha value is -2.66. The fourth-order valence-electron chi connectivity index (χ4n) is 2.88. The summed E-state index contributed by atoms with van der Waals surface area (Å²) in [7, 11) is -8.34. The summed E-state index contributed by atoms with van der Waals surface area (Å²) < 4.78 is 55.8. The van der Waals surface area contributed by atoms with Gasteiger partial charge < -0.3 is 10.2 Å². The summed E-state index contributed by atoms with van der Waals surface area (Å²) >= 11 is 11.6. The van der Waals surface area contributed by atoms with E-state index in [0.29, 0.717) is 11.1 Å². The van der Waals surface area contributed by atoms with E-state index in [1.807, 2.05) is 0 Å². The summed E-state index contributed by atoms with van der Waals surface area (Å²) in [6.45, 7) is 3.25. The minimum absolute atomic E-state index is 0.0146. The van der Waals surface area contributed by atoms with Crippen molar-refractivity contribution in [2.45, 2.75) is 23.6 Å². The van der Waals surface area contributed by atoms with Crippen LogP contribution >= 0.6 is 23.2 Å². The van der Waals surface area contributed by atoms with Crippen molar-refractivity contribution in [1.82, 2.24) is 0 Å². The Bertz CT molecular complexity index is 1270. The van der Waals surface area contributed by atoms with Crippen molar-refractivity contribution in [3.05, 3.63) is 69.7 Å². The number of benzene rings is 3. The highest BCUT2D eigenvalue weighted by molar-refractivity contribution is 7.93. The van der Waals surface area contributed by atoms with E-state index in [-0.39, 0.29) is 37.0 Å². The second-order valence-electron chi connectivity index (χ2n) is 6.93. The molecule has 0 aliphatic rings. The van der Waals surface area contributed by atoms with Gasteiger partial charge in [-0.3, -0.25) is 9.44 Å². The van der Waals surface area contributed by atoms with Crippen molar-refractivity contribution in [1.29, 1.82) is 0 Å². The molecule has 3 aromatic rings. The lowest BCUT2D eigenvalue weighted by atomic mass is 10.1. The number of sulfonamides is 2. The summed E-state index contributed by atoms with van der Waals surface area (Å²) in [6.07, 6.45) is 0. The van der Waals surface area contributed by atoms with E-state index in [0.717, 1.165) is 18.2 Å².